The SMILES string of the molecule is O=C(CCc1nnc(-c2ccccc2)o1)N1CCN(C(c2ccc(F)cc2)c2ccc(F)cc2)CC1. The van der Waals surface area contributed by atoms with Crippen molar-refractivity contribution < 1.29 is 18.0 Å². The van der Waals surface area contributed by atoms with Crippen LogP contribution >= 0.6 is 0 Å². The van der Waals surface area contributed by atoms with Crippen LogP contribution in [0.3, 0.4) is 0 Å². The lowest BCUT2D eigenvalue weighted by atomic mass is 9.96. The monoisotopic (exact) mass is 488 g/mol. The van der Waals surface area contributed by atoms with E-state index in [1.165, 1.54) is 24.3 Å². The number of aromatic nitrogens is 2. The Kier molecular flexibility index (Phi) is 7.13. The maximum atomic E-state index is 13.5. The largest absolute Gasteiger partial charge is 0.421 e. The molecule has 184 valence electrons. The van der Waals surface area contributed by atoms with Crippen molar-refractivity contribution in [3.63, 3.8) is 0 Å². The number of amides is 1. The van der Waals surface area contributed by atoms with E-state index in [-0.39, 0.29) is 30.0 Å². The van der Waals surface area contributed by atoms with Gasteiger partial charge in [-0.25, -0.2) is 8.78 Å². The van der Waals surface area contributed by atoms with Crippen LogP contribution in [0.5, 0.6) is 0 Å². The van der Waals surface area contributed by atoms with Crippen molar-refractivity contribution >= 4 is 5.91 Å². The number of aryl methyl sites for hydroxylation is 1. The van der Waals surface area contributed by atoms with Crippen molar-refractivity contribution in [1.29, 1.82) is 0 Å². The summed E-state index contributed by atoms with van der Waals surface area (Å²) in [6, 6.07) is 22.1. The Bertz CT molecular complexity index is 1240. The molecule has 0 radical (unpaired) electrons. The Hall–Kier alpha value is -3.91. The molecule has 1 saturated heterocycles. The Morgan fingerprint density at radius 1 is 0.806 bits per heavy atom. The molecule has 0 unspecified atom stereocenters. The van der Waals surface area contributed by atoms with Gasteiger partial charge in [0, 0.05) is 44.6 Å². The fraction of sp³-hybridized carbons (Fsp3) is 0.250. The summed E-state index contributed by atoms with van der Waals surface area (Å²) >= 11 is 0. The molecule has 3 aromatic carbocycles. The number of halogens is 2. The summed E-state index contributed by atoms with van der Waals surface area (Å²) in [6.07, 6.45) is 0.669. The molecule has 1 aliphatic rings. The van der Waals surface area contributed by atoms with Crippen molar-refractivity contribution in [2.45, 2.75) is 18.9 Å². The fourth-order valence-electron chi connectivity index (χ4n) is 4.56. The van der Waals surface area contributed by atoms with Gasteiger partial charge in [-0.15, -0.1) is 10.2 Å². The summed E-state index contributed by atoms with van der Waals surface area (Å²) < 4.78 is 32.8. The van der Waals surface area contributed by atoms with Gasteiger partial charge in [0.1, 0.15) is 11.6 Å². The van der Waals surface area contributed by atoms with Gasteiger partial charge in [0.15, 0.2) is 0 Å². The molecular weight excluding hydrogens is 462 g/mol. The van der Waals surface area contributed by atoms with Gasteiger partial charge in [0.05, 0.1) is 6.04 Å². The van der Waals surface area contributed by atoms with Crippen LogP contribution in [0.4, 0.5) is 8.78 Å². The van der Waals surface area contributed by atoms with Gasteiger partial charge in [-0.05, 0) is 47.5 Å². The number of carbonyl (C=O) groups excluding carboxylic acids is 1. The highest BCUT2D eigenvalue weighted by molar-refractivity contribution is 5.76. The number of hydrogen-bond donors (Lipinski definition) is 0. The quantitative estimate of drug-likeness (QED) is 0.371. The zero-order valence-electron chi connectivity index (χ0n) is 19.7. The molecule has 0 bridgehead atoms. The first-order chi connectivity index (χ1) is 17.6. The van der Waals surface area contributed by atoms with Crippen LogP contribution < -0.4 is 0 Å². The third kappa shape index (κ3) is 5.49. The molecule has 0 aliphatic carbocycles. The van der Waals surface area contributed by atoms with Crippen LogP contribution in [0.25, 0.3) is 11.5 Å². The van der Waals surface area contributed by atoms with E-state index in [2.05, 4.69) is 15.1 Å². The smallest absolute Gasteiger partial charge is 0.247 e. The van der Waals surface area contributed by atoms with Crippen LogP contribution in [0, 0.1) is 11.6 Å². The van der Waals surface area contributed by atoms with E-state index in [1.54, 1.807) is 24.3 Å². The Morgan fingerprint density at radius 3 is 1.97 bits per heavy atom. The lowest BCUT2D eigenvalue weighted by Crippen LogP contribution is -2.49. The number of rotatable bonds is 7. The lowest BCUT2D eigenvalue weighted by Gasteiger charge is -2.39. The Labute approximate surface area is 208 Å². The Balaban J connectivity index is 1.20. The second kappa shape index (κ2) is 10.8. The molecule has 0 saturated carbocycles. The van der Waals surface area contributed by atoms with E-state index in [4.69, 9.17) is 4.42 Å². The number of carbonyl (C=O) groups is 1. The van der Waals surface area contributed by atoms with Gasteiger partial charge in [-0.1, -0.05) is 42.5 Å². The van der Waals surface area contributed by atoms with Gasteiger partial charge in [-0.3, -0.25) is 9.69 Å². The van der Waals surface area contributed by atoms with Crippen molar-refractivity contribution in [2.75, 3.05) is 26.2 Å². The maximum Gasteiger partial charge on any atom is 0.247 e. The molecule has 4 aromatic rings. The highest BCUT2D eigenvalue weighted by atomic mass is 19.1. The summed E-state index contributed by atoms with van der Waals surface area (Å²) in [6.45, 7) is 2.42. The van der Waals surface area contributed by atoms with Crippen LogP contribution in [0.1, 0.15) is 29.5 Å². The van der Waals surface area contributed by atoms with Crippen LogP contribution in [0.15, 0.2) is 83.3 Å². The standard InChI is InChI=1S/C28H26F2N4O2/c29-23-10-6-20(7-11-23)27(21-8-12-24(30)13-9-21)34-18-16-33(17-19-34)26(35)15-14-25-31-32-28(36-25)22-4-2-1-3-5-22/h1-13,27H,14-19H2. The maximum absolute atomic E-state index is 13.5. The first-order valence-corrected chi connectivity index (χ1v) is 12.0. The lowest BCUT2D eigenvalue weighted by molar-refractivity contribution is -0.133. The molecule has 36 heavy (non-hydrogen) atoms. The van der Waals surface area contributed by atoms with Crippen molar-refractivity contribution in [2.24, 2.45) is 0 Å². The second-order valence-corrected chi connectivity index (χ2v) is 8.79. The minimum absolute atomic E-state index is 0.0363. The molecule has 2 heterocycles. The van der Waals surface area contributed by atoms with Gasteiger partial charge in [0.2, 0.25) is 17.7 Å². The molecular formula is C28H26F2N4O2. The van der Waals surface area contributed by atoms with Crippen molar-refractivity contribution in [3.8, 4) is 11.5 Å². The number of piperazine rings is 1. The molecule has 1 aliphatic heterocycles. The highest BCUT2D eigenvalue weighted by Gasteiger charge is 2.28. The van der Waals surface area contributed by atoms with E-state index < -0.39 is 0 Å². The van der Waals surface area contributed by atoms with Crippen LogP contribution in [-0.2, 0) is 11.2 Å². The molecule has 0 N–H and O–H groups in total. The normalized spacial score (nSPS) is 14.4. The molecule has 1 amide bonds. The predicted octanol–water partition coefficient (Wildman–Crippen LogP) is 4.88. The van der Waals surface area contributed by atoms with E-state index in [9.17, 15) is 13.6 Å². The fourth-order valence-corrected chi connectivity index (χ4v) is 4.56. The first kappa shape index (κ1) is 23.8. The predicted molar refractivity (Wildman–Crippen MR) is 131 cm³/mol. The molecule has 8 heteroatoms. The molecule has 1 aromatic heterocycles. The molecule has 1 fully saturated rings. The number of nitrogens with zero attached hydrogens (tertiary/aromatic N) is 4. The van der Waals surface area contributed by atoms with Gasteiger partial charge >= 0.3 is 0 Å². The summed E-state index contributed by atoms with van der Waals surface area (Å²) in [4.78, 5) is 17.0. The van der Waals surface area contributed by atoms with Gasteiger partial charge in [0.25, 0.3) is 0 Å². The minimum atomic E-state index is -0.302. The average Bonchev–Trinajstić information content (AvgIpc) is 3.40. The van der Waals surface area contributed by atoms with E-state index in [0.717, 1.165) is 16.7 Å². The third-order valence-electron chi connectivity index (χ3n) is 6.44. The van der Waals surface area contributed by atoms with Gasteiger partial charge in [-0.2, -0.15) is 0 Å². The highest BCUT2D eigenvalue weighted by Crippen LogP contribution is 2.30. The minimum Gasteiger partial charge on any atom is -0.421 e. The zero-order valence-corrected chi connectivity index (χ0v) is 19.7. The number of benzene rings is 3. The number of hydrogen-bond acceptors (Lipinski definition) is 5. The van der Waals surface area contributed by atoms with Crippen molar-refractivity contribution in [1.82, 2.24) is 20.0 Å². The van der Waals surface area contributed by atoms with Crippen molar-refractivity contribution in [3.05, 3.63) is 108 Å². The van der Waals surface area contributed by atoms with E-state index in [1.807, 2.05) is 35.2 Å². The summed E-state index contributed by atoms with van der Waals surface area (Å²) in [5.74, 6) is 0.315. The van der Waals surface area contributed by atoms with E-state index >= 15 is 0 Å². The summed E-state index contributed by atoms with van der Waals surface area (Å²) in [7, 11) is 0. The molecule has 0 atom stereocenters. The van der Waals surface area contributed by atoms with E-state index in [0.29, 0.717) is 44.4 Å². The summed E-state index contributed by atoms with van der Waals surface area (Å²) in [5.41, 5.74) is 2.69. The molecule has 0 spiro atoms. The third-order valence-corrected chi connectivity index (χ3v) is 6.44. The van der Waals surface area contributed by atoms with Gasteiger partial charge < -0.3 is 9.32 Å². The Morgan fingerprint density at radius 2 is 1.39 bits per heavy atom. The van der Waals surface area contributed by atoms with Crippen LogP contribution in [0.2, 0.25) is 0 Å². The molecule has 5 rings (SSSR count). The first-order valence-electron chi connectivity index (χ1n) is 12.0. The zero-order chi connectivity index (χ0) is 24.9. The average molecular weight is 489 g/mol. The second-order valence-electron chi connectivity index (χ2n) is 8.79. The molecule has 6 nitrogen and oxygen atoms in total. The van der Waals surface area contributed by atoms with Crippen LogP contribution in [-0.4, -0.2) is 52.1 Å². The topological polar surface area (TPSA) is 62.5 Å². The summed E-state index contributed by atoms with van der Waals surface area (Å²) in [5, 5.41) is 8.15.